The van der Waals surface area contributed by atoms with Gasteiger partial charge < -0.3 is 9.64 Å². The minimum atomic E-state index is -3.59. The average molecular weight is 393 g/mol. The molecule has 2 saturated heterocycles. The van der Waals surface area contributed by atoms with Crippen LogP contribution in [0.2, 0.25) is 0 Å². The third kappa shape index (κ3) is 3.91. The minimum Gasteiger partial charge on any atom is -0.379 e. The summed E-state index contributed by atoms with van der Waals surface area (Å²) in [6.45, 7) is 3.12. The number of ether oxygens (including phenoxy) is 1. The van der Waals surface area contributed by atoms with Crippen LogP contribution >= 0.6 is 0 Å². The van der Waals surface area contributed by atoms with Crippen LogP contribution in [0.5, 0.6) is 0 Å². The maximum absolute atomic E-state index is 13.0. The molecule has 148 valence electrons. The molecule has 1 aromatic carbocycles. The number of hydrogen-bond donors (Lipinski definition) is 0. The zero-order valence-corrected chi connectivity index (χ0v) is 16.5. The predicted molar refractivity (Wildman–Crippen MR) is 102 cm³/mol. The van der Waals surface area contributed by atoms with Gasteiger partial charge in [0.1, 0.15) is 0 Å². The van der Waals surface area contributed by atoms with Crippen molar-refractivity contribution in [2.24, 2.45) is 11.8 Å². The van der Waals surface area contributed by atoms with Crippen molar-refractivity contribution in [3.8, 4) is 0 Å². The first-order chi connectivity index (χ1) is 13.1. The fraction of sp³-hybridized carbons (Fsp3) is 0.650. The summed E-state index contributed by atoms with van der Waals surface area (Å²) in [5.41, 5.74) is 0.471. The number of benzene rings is 1. The van der Waals surface area contributed by atoms with Crippen LogP contribution in [0.25, 0.3) is 0 Å². The number of morpholine rings is 1. The number of nitrogens with zero attached hydrogens (tertiary/aromatic N) is 2. The second kappa shape index (κ2) is 7.89. The molecule has 0 N–H and O–H groups in total. The van der Waals surface area contributed by atoms with E-state index in [1.807, 2.05) is 4.90 Å². The lowest BCUT2D eigenvalue weighted by molar-refractivity contribution is 0.0520. The van der Waals surface area contributed by atoms with Crippen LogP contribution < -0.4 is 0 Å². The molecule has 0 radical (unpaired) electrons. The molecule has 2 atom stereocenters. The van der Waals surface area contributed by atoms with Gasteiger partial charge in [-0.3, -0.25) is 4.79 Å². The Labute approximate surface area is 161 Å². The predicted octanol–water partition coefficient (Wildman–Crippen LogP) is 2.36. The Morgan fingerprint density at radius 1 is 1.00 bits per heavy atom. The fourth-order valence-corrected chi connectivity index (χ4v) is 6.15. The van der Waals surface area contributed by atoms with Gasteiger partial charge in [0.15, 0.2) is 0 Å². The zero-order chi connectivity index (χ0) is 18.9. The van der Waals surface area contributed by atoms with Crippen LogP contribution in [0.4, 0.5) is 0 Å². The fourth-order valence-electron chi connectivity index (χ4n) is 4.69. The molecule has 6 nitrogen and oxygen atoms in total. The van der Waals surface area contributed by atoms with E-state index in [-0.39, 0.29) is 10.8 Å². The van der Waals surface area contributed by atoms with Crippen LogP contribution in [0.1, 0.15) is 42.5 Å². The number of amides is 1. The largest absolute Gasteiger partial charge is 0.379 e. The Kier molecular flexibility index (Phi) is 5.53. The second-order valence-corrected chi connectivity index (χ2v) is 9.83. The highest BCUT2D eigenvalue weighted by atomic mass is 32.2. The Morgan fingerprint density at radius 2 is 1.74 bits per heavy atom. The van der Waals surface area contributed by atoms with E-state index in [4.69, 9.17) is 4.74 Å². The smallest absolute Gasteiger partial charge is 0.253 e. The van der Waals surface area contributed by atoms with Crippen molar-refractivity contribution in [1.82, 2.24) is 9.21 Å². The Hall–Kier alpha value is -1.44. The van der Waals surface area contributed by atoms with E-state index in [9.17, 15) is 13.2 Å². The van der Waals surface area contributed by atoms with E-state index in [0.29, 0.717) is 37.8 Å². The van der Waals surface area contributed by atoms with Crippen LogP contribution in [0.15, 0.2) is 29.2 Å². The highest BCUT2D eigenvalue weighted by Gasteiger charge is 2.34. The summed E-state index contributed by atoms with van der Waals surface area (Å²) >= 11 is 0. The van der Waals surface area contributed by atoms with Gasteiger partial charge >= 0.3 is 0 Å². The van der Waals surface area contributed by atoms with Gasteiger partial charge in [-0.25, -0.2) is 8.42 Å². The van der Waals surface area contributed by atoms with Gasteiger partial charge in [-0.15, -0.1) is 0 Å². The van der Waals surface area contributed by atoms with Crippen molar-refractivity contribution in [3.63, 3.8) is 0 Å². The van der Waals surface area contributed by atoms with Crippen molar-refractivity contribution < 1.29 is 17.9 Å². The molecule has 1 aliphatic carbocycles. The summed E-state index contributed by atoms with van der Waals surface area (Å²) in [4.78, 5) is 15.1. The molecule has 0 aromatic heterocycles. The molecule has 27 heavy (non-hydrogen) atoms. The van der Waals surface area contributed by atoms with Crippen molar-refractivity contribution in [1.29, 1.82) is 0 Å². The summed E-state index contributed by atoms with van der Waals surface area (Å²) in [5.74, 6) is 1.32. The quantitative estimate of drug-likeness (QED) is 0.792. The monoisotopic (exact) mass is 392 g/mol. The van der Waals surface area contributed by atoms with Crippen molar-refractivity contribution >= 4 is 15.9 Å². The first kappa shape index (κ1) is 18.9. The van der Waals surface area contributed by atoms with Crippen molar-refractivity contribution in [2.45, 2.75) is 37.0 Å². The summed E-state index contributed by atoms with van der Waals surface area (Å²) in [6, 6.07) is 6.52. The lowest BCUT2D eigenvalue weighted by Gasteiger charge is -2.41. The molecule has 2 heterocycles. The third-order valence-corrected chi connectivity index (χ3v) is 8.16. The summed E-state index contributed by atoms with van der Waals surface area (Å²) < 4.78 is 32.4. The van der Waals surface area contributed by atoms with Crippen molar-refractivity contribution in [2.75, 3.05) is 39.4 Å². The highest BCUT2D eigenvalue weighted by molar-refractivity contribution is 7.89. The maximum Gasteiger partial charge on any atom is 0.253 e. The molecule has 1 aromatic rings. The first-order valence-electron chi connectivity index (χ1n) is 10.0. The molecule has 3 aliphatic rings. The molecule has 0 spiro atoms. The van der Waals surface area contributed by atoms with Crippen LogP contribution in [-0.4, -0.2) is 62.9 Å². The minimum absolute atomic E-state index is 0.0435. The molecule has 1 amide bonds. The van der Waals surface area contributed by atoms with Crippen LogP contribution in [-0.2, 0) is 14.8 Å². The summed E-state index contributed by atoms with van der Waals surface area (Å²) in [5, 5.41) is 0. The van der Waals surface area contributed by atoms with Crippen LogP contribution in [0, 0.1) is 11.8 Å². The topological polar surface area (TPSA) is 66.9 Å². The van der Waals surface area contributed by atoms with E-state index in [1.165, 1.54) is 30.0 Å². The number of fused-ring (bicyclic) bond motifs is 1. The maximum atomic E-state index is 13.0. The Balaban J connectivity index is 1.51. The second-order valence-electron chi connectivity index (χ2n) is 7.89. The average Bonchev–Trinajstić information content (AvgIpc) is 2.73. The van der Waals surface area contributed by atoms with Gasteiger partial charge in [-0.2, -0.15) is 4.31 Å². The van der Waals surface area contributed by atoms with E-state index in [0.717, 1.165) is 25.4 Å². The summed E-state index contributed by atoms with van der Waals surface area (Å²) in [6.07, 6.45) is 6.15. The zero-order valence-electron chi connectivity index (χ0n) is 15.7. The number of piperidine rings is 1. The molecule has 0 bridgehead atoms. The molecular weight excluding hydrogens is 364 g/mol. The van der Waals surface area contributed by atoms with Gasteiger partial charge in [0.25, 0.3) is 5.91 Å². The highest BCUT2D eigenvalue weighted by Crippen LogP contribution is 2.36. The van der Waals surface area contributed by atoms with Gasteiger partial charge in [-0.1, -0.05) is 25.3 Å². The lowest BCUT2D eigenvalue weighted by atomic mass is 9.75. The van der Waals surface area contributed by atoms with E-state index >= 15 is 0 Å². The molecule has 4 rings (SSSR count). The number of likely N-dealkylation sites (tertiary alicyclic amines) is 1. The Morgan fingerprint density at radius 3 is 2.52 bits per heavy atom. The third-order valence-electron chi connectivity index (χ3n) is 6.27. The normalized spacial score (nSPS) is 27.2. The van der Waals surface area contributed by atoms with E-state index in [1.54, 1.807) is 24.3 Å². The van der Waals surface area contributed by atoms with E-state index in [2.05, 4.69) is 0 Å². The van der Waals surface area contributed by atoms with Crippen molar-refractivity contribution in [3.05, 3.63) is 29.8 Å². The number of rotatable bonds is 3. The molecule has 1 saturated carbocycles. The number of sulfonamides is 1. The van der Waals surface area contributed by atoms with E-state index < -0.39 is 10.0 Å². The first-order valence-corrected chi connectivity index (χ1v) is 11.5. The van der Waals surface area contributed by atoms with Gasteiger partial charge in [0.2, 0.25) is 10.0 Å². The van der Waals surface area contributed by atoms with Gasteiger partial charge in [0, 0.05) is 31.7 Å². The molecular formula is C20H28N2O4S. The van der Waals surface area contributed by atoms with Gasteiger partial charge in [0.05, 0.1) is 18.1 Å². The molecule has 0 unspecified atom stereocenters. The molecule has 3 fully saturated rings. The van der Waals surface area contributed by atoms with Crippen LogP contribution in [0.3, 0.4) is 0 Å². The lowest BCUT2D eigenvalue weighted by Crippen LogP contribution is -2.44. The SMILES string of the molecule is O=C(c1cccc(S(=O)(=O)N2CCOCC2)c1)N1CC[C@H]2CCCC[C@@H]2C1. The molecule has 2 aliphatic heterocycles. The number of carbonyl (C=O) groups is 1. The number of carbonyl (C=O) groups excluding carboxylic acids is 1. The standard InChI is InChI=1S/C20H28N2O4S/c23-20(21-9-8-16-4-1-2-5-18(16)15-21)17-6-3-7-19(14-17)27(24,25)22-10-12-26-13-11-22/h3,6-7,14,16,18H,1-2,4-5,8-13,15H2/t16-,18-/m1/s1. The number of hydrogen-bond acceptors (Lipinski definition) is 4. The van der Waals surface area contributed by atoms with Gasteiger partial charge in [-0.05, 0) is 42.9 Å². The summed E-state index contributed by atoms with van der Waals surface area (Å²) in [7, 11) is -3.59. The molecule has 7 heteroatoms. The Bertz CT molecular complexity index is 789.